The second kappa shape index (κ2) is 10.8. The van der Waals surface area contributed by atoms with Crippen LogP contribution in [-0.4, -0.2) is 46.5 Å². The minimum absolute atomic E-state index is 0.199. The Morgan fingerprint density at radius 3 is 2.67 bits per heavy atom. The zero-order valence-electron chi connectivity index (χ0n) is 16.6. The number of hydrogen-bond acceptors (Lipinski definition) is 4. The molecular weight excluding hydrogens is 342 g/mol. The van der Waals surface area contributed by atoms with Gasteiger partial charge in [-0.05, 0) is 51.0 Å². The van der Waals surface area contributed by atoms with Crippen molar-refractivity contribution in [1.29, 1.82) is 0 Å². The van der Waals surface area contributed by atoms with Crippen molar-refractivity contribution in [2.45, 2.75) is 52.7 Å². The molecule has 148 valence electrons. The summed E-state index contributed by atoms with van der Waals surface area (Å²) in [6.45, 7) is 8.43. The number of Topliss-reactive ketones (excluding diaryl/α,β-unsaturated/α-hetero) is 1. The highest BCUT2D eigenvalue weighted by molar-refractivity contribution is 5.75. The van der Waals surface area contributed by atoms with Gasteiger partial charge in [0.1, 0.15) is 30.8 Å². The van der Waals surface area contributed by atoms with E-state index in [1.54, 1.807) is 6.92 Å². The fourth-order valence-corrected chi connectivity index (χ4v) is 2.93. The maximum atomic E-state index is 11.0. The zero-order chi connectivity index (χ0) is 19.6. The van der Waals surface area contributed by atoms with Gasteiger partial charge in [0.15, 0.2) is 0 Å². The molecule has 0 saturated heterocycles. The predicted molar refractivity (Wildman–Crippen MR) is 105 cm³/mol. The van der Waals surface area contributed by atoms with Gasteiger partial charge < -0.3 is 20.0 Å². The molecule has 0 radical (unpaired) electrons. The third-order valence-electron chi connectivity index (χ3n) is 4.45. The molecule has 27 heavy (non-hydrogen) atoms. The maximum Gasteiger partial charge on any atom is 0.137 e. The Balaban J connectivity index is 1.58. The number of aryl methyl sites for hydroxylation is 4. The monoisotopic (exact) mass is 374 g/mol. The van der Waals surface area contributed by atoms with E-state index < -0.39 is 6.10 Å². The zero-order valence-corrected chi connectivity index (χ0v) is 16.6. The number of quaternary nitrogens is 1. The molecule has 0 fully saturated rings. The number of benzene rings is 1. The van der Waals surface area contributed by atoms with Crippen molar-refractivity contribution < 1.29 is 20.0 Å². The lowest BCUT2D eigenvalue weighted by Crippen LogP contribution is -2.86. The first-order chi connectivity index (χ1) is 12.9. The van der Waals surface area contributed by atoms with Crippen LogP contribution in [0.25, 0.3) is 0 Å². The van der Waals surface area contributed by atoms with Crippen LogP contribution in [-0.2, 0) is 17.8 Å². The molecule has 1 aromatic carbocycles. The summed E-state index contributed by atoms with van der Waals surface area (Å²) in [6.07, 6.45) is 1.83. The summed E-state index contributed by atoms with van der Waals surface area (Å²) in [7, 11) is 0. The van der Waals surface area contributed by atoms with Gasteiger partial charge in [-0.1, -0.05) is 12.1 Å². The Labute approximate surface area is 161 Å². The Bertz CT molecular complexity index is 710. The number of carbonyl (C=O) groups is 1. The molecular formula is C21H32N3O3+. The van der Waals surface area contributed by atoms with E-state index in [2.05, 4.69) is 23.4 Å². The van der Waals surface area contributed by atoms with E-state index in [9.17, 15) is 9.90 Å². The Kier molecular flexibility index (Phi) is 8.48. The molecule has 1 heterocycles. The molecule has 0 spiro atoms. The van der Waals surface area contributed by atoms with Crippen molar-refractivity contribution in [3.63, 3.8) is 0 Å². The third kappa shape index (κ3) is 7.93. The summed E-state index contributed by atoms with van der Waals surface area (Å²) in [5, 5.41) is 16.6. The highest BCUT2D eigenvalue weighted by atomic mass is 16.5. The van der Waals surface area contributed by atoms with Crippen LogP contribution in [0, 0.1) is 13.8 Å². The van der Waals surface area contributed by atoms with Crippen LogP contribution in [0.2, 0.25) is 0 Å². The van der Waals surface area contributed by atoms with Gasteiger partial charge >= 0.3 is 0 Å². The number of aliphatic hydroxyl groups excluding tert-OH is 1. The lowest BCUT2D eigenvalue weighted by molar-refractivity contribution is -0.661. The van der Waals surface area contributed by atoms with Crippen LogP contribution in [0.3, 0.4) is 0 Å². The molecule has 0 saturated carbocycles. The van der Waals surface area contributed by atoms with Gasteiger partial charge in [-0.2, -0.15) is 5.10 Å². The normalized spacial score (nSPS) is 12.1. The largest absolute Gasteiger partial charge is 0.491 e. The summed E-state index contributed by atoms with van der Waals surface area (Å²) in [4.78, 5) is 11.0. The summed E-state index contributed by atoms with van der Waals surface area (Å²) in [5.74, 6) is 0.940. The number of aliphatic hydroxyl groups is 1. The first-order valence-corrected chi connectivity index (χ1v) is 9.66. The molecule has 2 aromatic rings. The van der Waals surface area contributed by atoms with Gasteiger partial charge in [0.05, 0.1) is 12.2 Å². The predicted octanol–water partition coefficient (Wildman–Crippen LogP) is 1.41. The average molecular weight is 375 g/mol. The van der Waals surface area contributed by atoms with Crippen molar-refractivity contribution in [1.82, 2.24) is 9.78 Å². The van der Waals surface area contributed by atoms with Gasteiger partial charge in [0.2, 0.25) is 0 Å². The van der Waals surface area contributed by atoms with E-state index in [1.165, 1.54) is 5.69 Å². The number of rotatable bonds is 12. The van der Waals surface area contributed by atoms with E-state index in [4.69, 9.17) is 4.74 Å². The molecule has 1 atom stereocenters. The highest BCUT2D eigenvalue weighted by Crippen LogP contribution is 2.13. The van der Waals surface area contributed by atoms with Crippen molar-refractivity contribution in [2.24, 2.45) is 0 Å². The number of aromatic nitrogens is 2. The van der Waals surface area contributed by atoms with Crippen LogP contribution in [0.5, 0.6) is 5.75 Å². The van der Waals surface area contributed by atoms with Crippen LogP contribution in [0.1, 0.15) is 36.7 Å². The number of ether oxygens (including phenoxy) is 1. The van der Waals surface area contributed by atoms with Gasteiger partial charge in [-0.25, -0.2) is 0 Å². The quantitative estimate of drug-likeness (QED) is 0.551. The van der Waals surface area contributed by atoms with E-state index in [1.807, 2.05) is 35.9 Å². The van der Waals surface area contributed by atoms with Crippen LogP contribution in [0.4, 0.5) is 0 Å². The minimum atomic E-state index is -0.504. The van der Waals surface area contributed by atoms with E-state index in [0.717, 1.165) is 42.9 Å². The smallest absolute Gasteiger partial charge is 0.137 e. The number of carbonyl (C=O) groups excluding carboxylic acids is 1. The Hall–Kier alpha value is -2.18. The van der Waals surface area contributed by atoms with E-state index in [-0.39, 0.29) is 12.4 Å². The van der Waals surface area contributed by atoms with E-state index >= 15 is 0 Å². The van der Waals surface area contributed by atoms with E-state index in [0.29, 0.717) is 13.0 Å². The van der Waals surface area contributed by atoms with Crippen molar-refractivity contribution in [2.75, 3.05) is 19.7 Å². The Morgan fingerprint density at radius 1 is 1.30 bits per heavy atom. The molecule has 0 aliphatic heterocycles. The first kappa shape index (κ1) is 21.1. The number of ketones is 1. The van der Waals surface area contributed by atoms with Crippen LogP contribution < -0.4 is 10.1 Å². The van der Waals surface area contributed by atoms with Crippen LogP contribution >= 0.6 is 0 Å². The molecule has 6 heteroatoms. The van der Waals surface area contributed by atoms with Crippen LogP contribution in [0.15, 0.2) is 30.3 Å². The molecule has 0 unspecified atom stereocenters. The Morgan fingerprint density at radius 2 is 2.04 bits per heavy atom. The standard InChI is InChI=1S/C21H31N3O3/c1-16-13-17(2)24(23-16)12-4-11-22-14-20(26)15-27-21-9-7-19(8-10-21)6-5-18(3)25/h7-10,13,20,22,26H,4-6,11-12,14-15H2,1-3H3/p+1/t20-/m0/s1. The minimum Gasteiger partial charge on any atom is -0.491 e. The molecule has 2 rings (SSSR count). The second-order valence-electron chi connectivity index (χ2n) is 7.13. The fourth-order valence-electron chi connectivity index (χ4n) is 2.93. The van der Waals surface area contributed by atoms with Gasteiger partial charge in [-0.15, -0.1) is 0 Å². The topological polar surface area (TPSA) is 81.0 Å². The molecule has 0 aliphatic carbocycles. The van der Waals surface area contributed by atoms with Gasteiger partial charge in [0, 0.05) is 25.1 Å². The van der Waals surface area contributed by atoms with Gasteiger partial charge in [0.25, 0.3) is 0 Å². The molecule has 0 bridgehead atoms. The summed E-state index contributed by atoms with van der Waals surface area (Å²) < 4.78 is 7.67. The van der Waals surface area contributed by atoms with Crippen molar-refractivity contribution in [3.8, 4) is 5.75 Å². The number of nitrogens with two attached hydrogens (primary N) is 1. The molecule has 0 amide bonds. The molecule has 6 nitrogen and oxygen atoms in total. The third-order valence-corrected chi connectivity index (χ3v) is 4.45. The molecule has 3 N–H and O–H groups in total. The SMILES string of the molecule is CC(=O)CCc1ccc(OC[C@@H](O)C[NH2+]CCCn2nc(C)cc2C)cc1. The maximum absolute atomic E-state index is 11.0. The lowest BCUT2D eigenvalue weighted by Gasteiger charge is -2.12. The lowest BCUT2D eigenvalue weighted by atomic mass is 10.1. The first-order valence-electron chi connectivity index (χ1n) is 9.66. The summed E-state index contributed by atoms with van der Waals surface area (Å²) in [6, 6.07) is 9.80. The molecule has 0 aliphatic rings. The highest BCUT2D eigenvalue weighted by Gasteiger charge is 2.08. The summed E-state index contributed by atoms with van der Waals surface area (Å²) >= 11 is 0. The number of hydrogen-bond donors (Lipinski definition) is 2. The average Bonchev–Trinajstić information content (AvgIpc) is 2.96. The second-order valence-corrected chi connectivity index (χ2v) is 7.13. The van der Waals surface area contributed by atoms with Crippen molar-refractivity contribution >= 4 is 5.78 Å². The van der Waals surface area contributed by atoms with Crippen molar-refractivity contribution in [3.05, 3.63) is 47.3 Å². The number of nitrogens with zero attached hydrogens (tertiary/aromatic N) is 2. The molecule has 1 aromatic heterocycles. The fraction of sp³-hybridized carbons (Fsp3) is 0.524. The van der Waals surface area contributed by atoms with Gasteiger partial charge in [-0.3, -0.25) is 4.68 Å². The summed E-state index contributed by atoms with van der Waals surface area (Å²) in [5.41, 5.74) is 3.36.